The van der Waals surface area contributed by atoms with Crippen LogP contribution in [0.25, 0.3) is 10.6 Å². The number of aryl methyl sites for hydroxylation is 2. The SMILES string of the molecule is COc1cc(CC(OC(C)C)C(=O)O)cc(CNC(=O)c2sc(-c3ccc(C)cc3)nc2C)c1OC. The van der Waals surface area contributed by atoms with E-state index in [0.29, 0.717) is 33.2 Å². The van der Waals surface area contributed by atoms with E-state index >= 15 is 0 Å². The Kier molecular flexibility index (Phi) is 9.06. The Balaban J connectivity index is 1.82. The largest absolute Gasteiger partial charge is 0.493 e. The van der Waals surface area contributed by atoms with Gasteiger partial charge in [0, 0.05) is 24.1 Å². The molecule has 0 saturated carbocycles. The number of nitrogens with one attached hydrogen (secondary N) is 1. The molecule has 0 spiro atoms. The highest BCUT2D eigenvalue weighted by Crippen LogP contribution is 2.34. The van der Waals surface area contributed by atoms with Gasteiger partial charge in [-0.25, -0.2) is 9.78 Å². The van der Waals surface area contributed by atoms with Crippen molar-refractivity contribution in [3.63, 3.8) is 0 Å². The summed E-state index contributed by atoms with van der Waals surface area (Å²) in [6.45, 7) is 7.57. The van der Waals surface area contributed by atoms with Crippen molar-refractivity contribution in [3.05, 3.63) is 63.7 Å². The van der Waals surface area contributed by atoms with Gasteiger partial charge < -0.3 is 24.6 Å². The fourth-order valence-corrected chi connectivity index (χ4v) is 4.76. The van der Waals surface area contributed by atoms with Crippen LogP contribution in [-0.2, 0) is 22.5 Å². The number of hydrogen-bond donors (Lipinski definition) is 2. The van der Waals surface area contributed by atoms with Crippen LogP contribution in [0.4, 0.5) is 0 Å². The maximum atomic E-state index is 13.1. The van der Waals surface area contributed by atoms with E-state index in [4.69, 9.17) is 14.2 Å². The molecule has 0 aliphatic heterocycles. The van der Waals surface area contributed by atoms with Crippen molar-refractivity contribution in [2.24, 2.45) is 0 Å². The molecule has 2 N–H and O–H groups in total. The van der Waals surface area contributed by atoms with Crippen molar-refractivity contribution in [1.82, 2.24) is 10.3 Å². The number of amides is 1. The van der Waals surface area contributed by atoms with Gasteiger partial charge in [0.25, 0.3) is 5.91 Å². The number of nitrogens with zero attached hydrogens (tertiary/aromatic N) is 1. The molecule has 9 heteroatoms. The van der Waals surface area contributed by atoms with Crippen LogP contribution in [0.15, 0.2) is 36.4 Å². The van der Waals surface area contributed by atoms with E-state index in [-0.39, 0.29) is 25.0 Å². The van der Waals surface area contributed by atoms with Crippen LogP contribution in [0.2, 0.25) is 0 Å². The minimum Gasteiger partial charge on any atom is -0.493 e. The molecule has 3 aromatic rings. The van der Waals surface area contributed by atoms with E-state index in [0.717, 1.165) is 16.1 Å². The third kappa shape index (κ3) is 6.61. The Bertz CT molecular complexity index is 1220. The highest BCUT2D eigenvalue weighted by atomic mass is 32.1. The Labute approximate surface area is 215 Å². The van der Waals surface area contributed by atoms with Gasteiger partial charge in [0.15, 0.2) is 17.6 Å². The quantitative estimate of drug-likeness (QED) is 0.380. The molecule has 1 heterocycles. The summed E-state index contributed by atoms with van der Waals surface area (Å²) in [7, 11) is 3.03. The Morgan fingerprint density at radius 1 is 1.08 bits per heavy atom. The Hall–Kier alpha value is -3.43. The van der Waals surface area contributed by atoms with Crippen molar-refractivity contribution < 1.29 is 28.9 Å². The summed E-state index contributed by atoms with van der Waals surface area (Å²) in [4.78, 5) is 29.8. The van der Waals surface area contributed by atoms with E-state index in [1.54, 1.807) is 26.0 Å². The standard InChI is InChI=1S/C27H32N2O6S/c1-15(2)35-22(27(31)32)13-18-11-20(23(34-6)21(12-18)33-5)14-28-25(30)24-17(4)29-26(36-24)19-9-7-16(3)8-10-19/h7-12,15,22H,13-14H2,1-6H3,(H,28,30)(H,31,32). The molecule has 36 heavy (non-hydrogen) atoms. The molecule has 0 fully saturated rings. The van der Waals surface area contributed by atoms with Gasteiger partial charge in [0.2, 0.25) is 0 Å². The number of thiazole rings is 1. The van der Waals surface area contributed by atoms with Crippen molar-refractivity contribution in [2.45, 2.75) is 52.9 Å². The smallest absolute Gasteiger partial charge is 0.333 e. The number of methoxy groups -OCH3 is 2. The van der Waals surface area contributed by atoms with E-state index in [2.05, 4.69) is 10.3 Å². The summed E-state index contributed by atoms with van der Waals surface area (Å²) in [5, 5.41) is 13.3. The molecule has 1 aromatic heterocycles. The third-order valence-corrected chi connectivity index (χ3v) is 6.69. The van der Waals surface area contributed by atoms with Crippen molar-refractivity contribution in [3.8, 4) is 22.1 Å². The summed E-state index contributed by atoms with van der Waals surface area (Å²) in [5.41, 5.74) is 4.13. The lowest BCUT2D eigenvalue weighted by Crippen LogP contribution is -2.29. The maximum Gasteiger partial charge on any atom is 0.333 e. The lowest BCUT2D eigenvalue weighted by Gasteiger charge is -2.19. The molecule has 0 saturated heterocycles. The zero-order valence-electron chi connectivity index (χ0n) is 21.4. The second-order valence-electron chi connectivity index (χ2n) is 8.69. The highest BCUT2D eigenvalue weighted by molar-refractivity contribution is 7.17. The zero-order chi connectivity index (χ0) is 26.4. The summed E-state index contributed by atoms with van der Waals surface area (Å²) in [5.74, 6) is -0.372. The van der Waals surface area contributed by atoms with Gasteiger partial charge in [-0.2, -0.15) is 0 Å². The van der Waals surface area contributed by atoms with Crippen LogP contribution >= 0.6 is 11.3 Å². The molecule has 0 radical (unpaired) electrons. The first kappa shape index (κ1) is 27.2. The van der Waals surface area contributed by atoms with Crippen LogP contribution < -0.4 is 14.8 Å². The summed E-state index contributed by atoms with van der Waals surface area (Å²) >= 11 is 1.34. The fourth-order valence-electron chi connectivity index (χ4n) is 3.77. The predicted octanol–water partition coefficient (Wildman–Crippen LogP) is 4.79. The molecule has 8 nitrogen and oxygen atoms in total. The molecule has 0 aliphatic carbocycles. The van der Waals surface area contributed by atoms with E-state index < -0.39 is 12.1 Å². The topological polar surface area (TPSA) is 107 Å². The summed E-state index contributed by atoms with van der Waals surface area (Å²) < 4.78 is 16.6. The summed E-state index contributed by atoms with van der Waals surface area (Å²) in [6.07, 6.45) is -1.11. The minimum absolute atomic E-state index is 0.142. The summed E-state index contributed by atoms with van der Waals surface area (Å²) in [6, 6.07) is 11.5. The number of hydrogen-bond acceptors (Lipinski definition) is 7. The average molecular weight is 513 g/mol. The van der Waals surface area contributed by atoms with Crippen molar-refractivity contribution in [1.29, 1.82) is 0 Å². The van der Waals surface area contributed by atoms with Crippen LogP contribution in [-0.4, -0.2) is 48.4 Å². The van der Waals surface area contributed by atoms with Gasteiger partial charge in [-0.1, -0.05) is 29.8 Å². The van der Waals surface area contributed by atoms with Crippen LogP contribution in [0.3, 0.4) is 0 Å². The molecule has 2 aromatic carbocycles. The van der Waals surface area contributed by atoms with Gasteiger partial charge in [-0.3, -0.25) is 4.79 Å². The van der Waals surface area contributed by atoms with Crippen LogP contribution in [0.5, 0.6) is 11.5 Å². The number of carboxylic acid groups (broad SMARTS) is 1. The molecule has 0 aliphatic rings. The van der Waals surface area contributed by atoms with Gasteiger partial charge in [-0.05, 0) is 45.4 Å². The molecule has 1 atom stereocenters. The second-order valence-corrected chi connectivity index (χ2v) is 9.69. The predicted molar refractivity (Wildman–Crippen MR) is 139 cm³/mol. The number of rotatable bonds is 11. The van der Waals surface area contributed by atoms with Crippen LogP contribution in [0.1, 0.15) is 45.9 Å². The third-order valence-electron chi connectivity index (χ3n) is 5.49. The Morgan fingerprint density at radius 3 is 2.36 bits per heavy atom. The van der Waals surface area contributed by atoms with Gasteiger partial charge in [-0.15, -0.1) is 11.3 Å². The molecule has 0 bridgehead atoms. The normalized spacial score (nSPS) is 11.9. The number of carboxylic acids is 1. The fraction of sp³-hybridized carbons (Fsp3) is 0.370. The number of aromatic nitrogens is 1. The van der Waals surface area contributed by atoms with Gasteiger partial charge >= 0.3 is 5.97 Å². The number of aliphatic carboxylic acids is 1. The molecular weight excluding hydrogens is 480 g/mol. The minimum atomic E-state index is -1.04. The number of carbonyl (C=O) groups excluding carboxylic acids is 1. The monoisotopic (exact) mass is 512 g/mol. The maximum absolute atomic E-state index is 13.1. The lowest BCUT2D eigenvalue weighted by atomic mass is 10.0. The van der Waals surface area contributed by atoms with Gasteiger partial charge in [0.1, 0.15) is 9.88 Å². The van der Waals surface area contributed by atoms with E-state index in [1.807, 2.05) is 38.1 Å². The number of carbonyl (C=O) groups is 2. The lowest BCUT2D eigenvalue weighted by molar-refractivity contribution is -0.153. The first-order chi connectivity index (χ1) is 17.1. The number of ether oxygens (including phenoxy) is 3. The van der Waals surface area contributed by atoms with Crippen molar-refractivity contribution in [2.75, 3.05) is 14.2 Å². The molecule has 192 valence electrons. The first-order valence-corrected chi connectivity index (χ1v) is 12.4. The number of benzene rings is 2. The molecule has 1 unspecified atom stereocenters. The Morgan fingerprint density at radius 2 is 1.78 bits per heavy atom. The highest BCUT2D eigenvalue weighted by Gasteiger charge is 2.23. The molecule has 1 amide bonds. The average Bonchev–Trinajstić information content (AvgIpc) is 3.23. The second kappa shape index (κ2) is 12.0. The molecule has 3 rings (SSSR count). The van der Waals surface area contributed by atoms with E-state index in [9.17, 15) is 14.7 Å². The van der Waals surface area contributed by atoms with E-state index in [1.165, 1.54) is 25.6 Å². The zero-order valence-corrected chi connectivity index (χ0v) is 22.2. The van der Waals surface area contributed by atoms with Crippen molar-refractivity contribution >= 4 is 23.2 Å². The van der Waals surface area contributed by atoms with Gasteiger partial charge in [0.05, 0.1) is 26.0 Å². The molecular formula is C27H32N2O6S. The first-order valence-electron chi connectivity index (χ1n) is 11.6. The van der Waals surface area contributed by atoms with Crippen LogP contribution in [0, 0.1) is 13.8 Å².